The van der Waals surface area contributed by atoms with Crippen molar-refractivity contribution >= 4 is 29.1 Å². The van der Waals surface area contributed by atoms with Crippen LogP contribution < -0.4 is 5.32 Å². The maximum Gasteiger partial charge on any atom is 0.255 e. The Kier molecular flexibility index (Phi) is 3.80. The number of amides is 2. The summed E-state index contributed by atoms with van der Waals surface area (Å²) >= 11 is 0. The Morgan fingerprint density at radius 1 is 1.12 bits per heavy atom. The highest BCUT2D eigenvalue weighted by Gasteiger charge is 2.34. The normalized spacial score (nSPS) is 17.2. The van der Waals surface area contributed by atoms with Crippen molar-refractivity contribution in [2.24, 2.45) is 12.1 Å². The number of aryl methyl sites for hydroxylation is 2. The van der Waals surface area contributed by atoms with E-state index < -0.39 is 6.04 Å². The summed E-state index contributed by atoms with van der Waals surface area (Å²) in [7, 11) is 1.92. The lowest BCUT2D eigenvalue weighted by atomic mass is 10.0. The van der Waals surface area contributed by atoms with Gasteiger partial charge in [0.25, 0.3) is 5.91 Å². The van der Waals surface area contributed by atoms with Gasteiger partial charge in [0.05, 0.1) is 0 Å². The molecular weight excluding hydrogens is 328 g/mol. The van der Waals surface area contributed by atoms with Crippen LogP contribution in [0.5, 0.6) is 0 Å². The molecule has 0 spiro atoms. The van der Waals surface area contributed by atoms with Gasteiger partial charge in [0.2, 0.25) is 6.41 Å². The van der Waals surface area contributed by atoms with E-state index in [2.05, 4.69) is 10.4 Å². The molecule has 6 heteroatoms. The molecule has 1 aliphatic heterocycles. The van der Waals surface area contributed by atoms with Gasteiger partial charge in [-0.05, 0) is 13.0 Å². The number of carbonyl (C=O) groups excluding carboxylic acids is 2. The molecule has 130 valence electrons. The van der Waals surface area contributed by atoms with E-state index in [0.717, 1.165) is 27.6 Å². The van der Waals surface area contributed by atoms with Gasteiger partial charge in [-0.15, -0.1) is 0 Å². The van der Waals surface area contributed by atoms with Crippen molar-refractivity contribution in [3.05, 3.63) is 71.4 Å². The first kappa shape index (κ1) is 16.1. The van der Waals surface area contributed by atoms with Crippen molar-refractivity contribution in [3.63, 3.8) is 0 Å². The summed E-state index contributed by atoms with van der Waals surface area (Å²) in [5.74, 6) is 0.0950. The summed E-state index contributed by atoms with van der Waals surface area (Å²) in [6, 6.07) is 14.6. The second kappa shape index (κ2) is 6.15. The molecule has 0 fully saturated rings. The number of nitrogens with zero attached hydrogens (tertiary/aromatic N) is 3. The van der Waals surface area contributed by atoms with Gasteiger partial charge < -0.3 is 9.88 Å². The van der Waals surface area contributed by atoms with Gasteiger partial charge in [-0.3, -0.25) is 9.59 Å². The predicted octanol–water partition coefficient (Wildman–Crippen LogP) is 2.48. The van der Waals surface area contributed by atoms with Crippen molar-refractivity contribution in [2.45, 2.75) is 13.0 Å². The Balaban J connectivity index is 1.79. The van der Waals surface area contributed by atoms with Crippen LogP contribution in [0.15, 0.2) is 59.8 Å². The number of hydrogen-bond donors (Lipinski definition) is 1. The summed E-state index contributed by atoms with van der Waals surface area (Å²) in [6.07, 6.45) is 2.47. The third-order valence-electron chi connectivity index (χ3n) is 4.63. The van der Waals surface area contributed by atoms with E-state index in [-0.39, 0.29) is 5.91 Å². The van der Waals surface area contributed by atoms with Crippen LogP contribution in [0.4, 0.5) is 0 Å². The molecule has 0 saturated carbocycles. The molecule has 0 saturated heterocycles. The van der Waals surface area contributed by atoms with Crippen LogP contribution in [0.2, 0.25) is 0 Å². The number of carbonyl (C=O) groups is 2. The number of amidine groups is 1. The maximum absolute atomic E-state index is 12.9. The Labute approximate surface area is 150 Å². The standard InChI is InChI=1S/C20H18N4O2/c1-13-7-9-14(10-8-13)19-21-20(26)18(24(12-25)22-19)16-11-23(2)17-6-4-3-5-15(16)17/h3-12,18H,1-2H3,(H,21,22,26). The first-order valence-corrected chi connectivity index (χ1v) is 8.32. The van der Waals surface area contributed by atoms with Gasteiger partial charge in [0, 0.05) is 35.3 Å². The fraction of sp³-hybridized carbons (Fsp3) is 0.150. The van der Waals surface area contributed by atoms with E-state index >= 15 is 0 Å². The van der Waals surface area contributed by atoms with Crippen LogP contribution in [0.3, 0.4) is 0 Å². The molecule has 1 aliphatic rings. The molecule has 4 rings (SSSR count). The monoisotopic (exact) mass is 346 g/mol. The highest BCUT2D eigenvalue weighted by Crippen LogP contribution is 2.31. The average Bonchev–Trinajstić information content (AvgIpc) is 2.98. The quantitative estimate of drug-likeness (QED) is 0.741. The van der Waals surface area contributed by atoms with Crippen molar-refractivity contribution in [1.82, 2.24) is 14.9 Å². The number of para-hydroxylation sites is 1. The fourth-order valence-corrected chi connectivity index (χ4v) is 3.30. The van der Waals surface area contributed by atoms with Crippen molar-refractivity contribution < 1.29 is 9.59 Å². The van der Waals surface area contributed by atoms with Crippen molar-refractivity contribution in [1.29, 1.82) is 0 Å². The molecule has 2 amide bonds. The molecule has 0 bridgehead atoms. The summed E-state index contributed by atoms with van der Waals surface area (Å²) in [6.45, 7) is 1.99. The van der Waals surface area contributed by atoms with Crippen molar-refractivity contribution in [3.8, 4) is 0 Å². The third kappa shape index (κ3) is 2.56. The SMILES string of the molecule is Cc1ccc(C2=NN(C=O)C(c3cn(C)c4ccccc34)C(=O)N2)cc1. The van der Waals surface area contributed by atoms with E-state index in [1.165, 1.54) is 5.01 Å². The van der Waals surface area contributed by atoms with E-state index in [9.17, 15) is 9.59 Å². The number of benzene rings is 2. The topological polar surface area (TPSA) is 66.7 Å². The molecule has 0 aliphatic carbocycles. The lowest BCUT2D eigenvalue weighted by molar-refractivity contribution is -0.133. The minimum absolute atomic E-state index is 0.279. The number of hydrogen-bond acceptors (Lipinski definition) is 3. The molecule has 1 N–H and O–H groups in total. The van der Waals surface area contributed by atoms with Gasteiger partial charge in [-0.25, -0.2) is 5.01 Å². The molecule has 1 unspecified atom stereocenters. The van der Waals surface area contributed by atoms with E-state index in [4.69, 9.17) is 0 Å². The molecule has 2 aromatic carbocycles. The van der Waals surface area contributed by atoms with Crippen molar-refractivity contribution in [2.75, 3.05) is 0 Å². The second-order valence-electron chi connectivity index (χ2n) is 6.40. The van der Waals surface area contributed by atoms with Gasteiger partial charge in [0.1, 0.15) is 0 Å². The summed E-state index contributed by atoms with van der Waals surface area (Å²) < 4.78 is 1.94. The van der Waals surface area contributed by atoms with Gasteiger partial charge in [-0.1, -0.05) is 48.0 Å². The Morgan fingerprint density at radius 2 is 1.85 bits per heavy atom. The van der Waals surface area contributed by atoms with Gasteiger partial charge in [-0.2, -0.15) is 5.10 Å². The predicted molar refractivity (Wildman–Crippen MR) is 99.4 cm³/mol. The van der Waals surface area contributed by atoms with Gasteiger partial charge in [0.15, 0.2) is 11.9 Å². The fourth-order valence-electron chi connectivity index (χ4n) is 3.30. The molecule has 6 nitrogen and oxygen atoms in total. The number of nitrogens with one attached hydrogen (secondary N) is 1. The summed E-state index contributed by atoms with van der Waals surface area (Å²) in [5, 5.41) is 9.32. The van der Waals surface area contributed by atoms with E-state index in [0.29, 0.717) is 12.2 Å². The molecule has 26 heavy (non-hydrogen) atoms. The lowest BCUT2D eigenvalue weighted by Gasteiger charge is -2.28. The summed E-state index contributed by atoms with van der Waals surface area (Å²) in [5.41, 5.74) is 3.61. The molecule has 1 aromatic heterocycles. The van der Waals surface area contributed by atoms with E-state index in [1.807, 2.05) is 73.3 Å². The highest BCUT2D eigenvalue weighted by molar-refractivity contribution is 6.11. The first-order chi connectivity index (χ1) is 12.6. The number of rotatable bonds is 3. The van der Waals surface area contributed by atoms with Crippen LogP contribution in [0.25, 0.3) is 10.9 Å². The van der Waals surface area contributed by atoms with Crippen LogP contribution in [-0.2, 0) is 16.6 Å². The maximum atomic E-state index is 12.9. The molecule has 3 aromatic rings. The summed E-state index contributed by atoms with van der Waals surface area (Å²) in [4.78, 5) is 24.6. The Morgan fingerprint density at radius 3 is 2.58 bits per heavy atom. The minimum atomic E-state index is -0.798. The zero-order chi connectivity index (χ0) is 18.3. The van der Waals surface area contributed by atoms with Crippen LogP contribution in [-0.4, -0.2) is 27.7 Å². The van der Waals surface area contributed by atoms with Crippen LogP contribution >= 0.6 is 0 Å². The third-order valence-corrected chi connectivity index (χ3v) is 4.63. The van der Waals surface area contributed by atoms with Crippen LogP contribution in [0, 0.1) is 6.92 Å². The van der Waals surface area contributed by atoms with Crippen LogP contribution in [0.1, 0.15) is 22.7 Å². The number of fused-ring (bicyclic) bond motifs is 1. The second-order valence-corrected chi connectivity index (χ2v) is 6.40. The van der Waals surface area contributed by atoms with Gasteiger partial charge >= 0.3 is 0 Å². The largest absolute Gasteiger partial charge is 0.350 e. The average molecular weight is 346 g/mol. The molecule has 1 atom stereocenters. The molecular formula is C20H18N4O2. The minimum Gasteiger partial charge on any atom is -0.350 e. The number of aromatic nitrogens is 1. The highest BCUT2D eigenvalue weighted by atomic mass is 16.2. The lowest BCUT2D eigenvalue weighted by Crippen LogP contribution is -2.47. The molecule has 2 heterocycles. The Hall–Kier alpha value is -3.41. The Bertz CT molecular complexity index is 1030. The zero-order valence-corrected chi connectivity index (χ0v) is 14.5. The molecule has 0 radical (unpaired) electrons. The number of hydrazone groups is 1. The smallest absolute Gasteiger partial charge is 0.255 e. The zero-order valence-electron chi connectivity index (χ0n) is 14.5. The first-order valence-electron chi connectivity index (χ1n) is 8.32. The van der Waals surface area contributed by atoms with E-state index in [1.54, 1.807) is 0 Å².